The molecule has 1 aromatic heterocycles. The van der Waals surface area contributed by atoms with Crippen LogP contribution in [0.1, 0.15) is 47.8 Å². The first-order valence-electron chi connectivity index (χ1n) is 8.69. The van der Waals surface area contributed by atoms with Crippen molar-refractivity contribution in [3.63, 3.8) is 0 Å². The number of carbonyl (C=O) groups excluding carboxylic acids is 1. The number of nitrogens with zero attached hydrogens (tertiary/aromatic N) is 1. The summed E-state index contributed by atoms with van der Waals surface area (Å²) in [6.45, 7) is 6.23. The Morgan fingerprint density at radius 1 is 1.27 bits per heavy atom. The molecule has 0 saturated carbocycles. The molecule has 1 amide bonds. The average molecular weight is 351 g/mol. The molecule has 2 aromatic rings. The van der Waals surface area contributed by atoms with Crippen LogP contribution in [0.2, 0.25) is 0 Å². The number of aryl methyl sites for hydroxylation is 2. The van der Waals surface area contributed by atoms with E-state index in [9.17, 15) is 4.79 Å². The van der Waals surface area contributed by atoms with E-state index in [0.717, 1.165) is 36.3 Å². The van der Waals surface area contributed by atoms with E-state index in [-0.39, 0.29) is 11.7 Å². The predicted molar refractivity (Wildman–Crippen MR) is 105 cm³/mol. The zero-order chi connectivity index (χ0) is 18.9. The van der Waals surface area contributed by atoms with E-state index in [1.807, 2.05) is 39.0 Å². The minimum absolute atomic E-state index is 0.230. The molecule has 5 nitrogen and oxygen atoms in total. The number of nitrogens with one attached hydrogen (secondary N) is 1. The highest BCUT2D eigenvalue weighted by atomic mass is 16.5. The lowest BCUT2D eigenvalue weighted by Gasteiger charge is -2.11. The van der Waals surface area contributed by atoms with Gasteiger partial charge in [0.05, 0.1) is 12.2 Å². The van der Waals surface area contributed by atoms with Crippen LogP contribution >= 0.6 is 0 Å². The van der Waals surface area contributed by atoms with Crippen molar-refractivity contribution in [3.05, 3.63) is 47.2 Å². The summed E-state index contributed by atoms with van der Waals surface area (Å²) in [5, 5.41) is 2.85. The Labute approximate surface area is 155 Å². The lowest BCUT2D eigenvalue weighted by atomic mass is 10.1. The van der Waals surface area contributed by atoms with Crippen molar-refractivity contribution in [2.24, 2.45) is 0 Å². The third-order valence-corrected chi connectivity index (χ3v) is 3.97. The second-order valence-corrected chi connectivity index (χ2v) is 6.04. The van der Waals surface area contributed by atoms with E-state index in [1.165, 1.54) is 0 Å². The van der Waals surface area contributed by atoms with Crippen LogP contribution in [0.3, 0.4) is 0 Å². The average Bonchev–Trinajstić information content (AvgIpc) is 2.61. The molecule has 3 N–H and O–H groups in total. The topological polar surface area (TPSA) is 77.2 Å². The van der Waals surface area contributed by atoms with Gasteiger partial charge in [-0.25, -0.2) is 4.98 Å². The quantitative estimate of drug-likeness (QED) is 0.581. The Hall–Kier alpha value is -3.00. The van der Waals surface area contributed by atoms with Crippen molar-refractivity contribution in [3.8, 4) is 17.6 Å². The normalized spacial score (nSPS) is 9.96. The summed E-state index contributed by atoms with van der Waals surface area (Å²) in [4.78, 5) is 16.7. The van der Waals surface area contributed by atoms with Gasteiger partial charge in [-0.1, -0.05) is 6.07 Å². The highest BCUT2D eigenvalue weighted by Crippen LogP contribution is 2.20. The van der Waals surface area contributed by atoms with Crippen LogP contribution in [0.25, 0.3) is 0 Å². The molecule has 0 unspecified atom stereocenters. The summed E-state index contributed by atoms with van der Waals surface area (Å²) in [6.07, 6.45) is 2.84. The smallest absolute Gasteiger partial charge is 0.259 e. The summed E-state index contributed by atoms with van der Waals surface area (Å²) >= 11 is 0. The minimum atomic E-state index is -0.284. The molecule has 0 spiro atoms. The van der Waals surface area contributed by atoms with Gasteiger partial charge in [0.2, 0.25) is 0 Å². The number of hydrogen-bond acceptors (Lipinski definition) is 4. The van der Waals surface area contributed by atoms with Gasteiger partial charge in [-0.05, 0) is 57.4 Å². The van der Waals surface area contributed by atoms with Crippen molar-refractivity contribution in [2.75, 3.05) is 17.7 Å². The van der Waals surface area contributed by atoms with Crippen LogP contribution in [0.15, 0.2) is 30.3 Å². The Morgan fingerprint density at radius 3 is 2.85 bits per heavy atom. The molecule has 136 valence electrons. The molecule has 2 rings (SSSR count). The Bertz CT molecular complexity index is 835. The number of rotatable bonds is 7. The number of unbranched alkanes of at least 4 members (excludes halogenated alkanes) is 2. The molecule has 0 aliphatic rings. The second-order valence-electron chi connectivity index (χ2n) is 6.04. The molecule has 0 bridgehead atoms. The van der Waals surface area contributed by atoms with Gasteiger partial charge in [-0.3, -0.25) is 4.79 Å². The molecule has 5 heteroatoms. The number of carbonyl (C=O) groups is 1. The van der Waals surface area contributed by atoms with Gasteiger partial charge in [0.25, 0.3) is 5.91 Å². The number of hydrogen-bond donors (Lipinski definition) is 2. The fraction of sp³-hybridized carbons (Fsp3) is 0.333. The van der Waals surface area contributed by atoms with Crippen LogP contribution in [-0.2, 0) is 0 Å². The highest BCUT2D eigenvalue weighted by molar-refractivity contribution is 6.07. The van der Waals surface area contributed by atoms with Gasteiger partial charge in [-0.15, -0.1) is 11.8 Å². The van der Waals surface area contributed by atoms with Crippen molar-refractivity contribution in [2.45, 2.75) is 40.0 Å². The van der Waals surface area contributed by atoms with Gasteiger partial charge in [-0.2, -0.15) is 0 Å². The molecule has 0 aliphatic carbocycles. The highest BCUT2D eigenvalue weighted by Gasteiger charge is 2.13. The monoisotopic (exact) mass is 351 g/mol. The van der Waals surface area contributed by atoms with Crippen molar-refractivity contribution < 1.29 is 9.53 Å². The molecule has 0 saturated heterocycles. The first kappa shape index (κ1) is 19.3. The van der Waals surface area contributed by atoms with Gasteiger partial charge < -0.3 is 15.8 Å². The zero-order valence-electron chi connectivity index (χ0n) is 15.6. The number of benzene rings is 1. The zero-order valence-corrected chi connectivity index (χ0v) is 15.6. The van der Waals surface area contributed by atoms with Crippen molar-refractivity contribution in [1.82, 2.24) is 4.98 Å². The summed E-state index contributed by atoms with van der Waals surface area (Å²) < 4.78 is 5.74. The third-order valence-electron chi connectivity index (χ3n) is 3.97. The van der Waals surface area contributed by atoms with E-state index in [4.69, 9.17) is 10.5 Å². The lowest BCUT2D eigenvalue weighted by molar-refractivity contribution is 0.102. The number of anilines is 2. The molecule has 0 fully saturated rings. The molecule has 0 aliphatic heterocycles. The van der Waals surface area contributed by atoms with Crippen molar-refractivity contribution >= 4 is 17.4 Å². The van der Waals surface area contributed by atoms with Crippen LogP contribution in [0, 0.1) is 25.7 Å². The first-order valence-corrected chi connectivity index (χ1v) is 8.69. The Balaban J connectivity index is 1.96. The van der Waals surface area contributed by atoms with Gasteiger partial charge in [0, 0.05) is 23.9 Å². The molecular weight excluding hydrogens is 326 g/mol. The fourth-order valence-electron chi connectivity index (χ4n) is 2.40. The maximum absolute atomic E-state index is 12.5. The molecular formula is C21H25N3O2. The SMILES string of the molecule is CC#CCCCCOc1cccc(NC(=O)c2cc(C)c(C)nc2N)c1. The van der Waals surface area contributed by atoms with E-state index in [0.29, 0.717) is 17.9 Å². The van der Waals surface area contributed by atoms with Crippen LogP contribution in [0.4, 0.5) is 11.5 Å². The maximum Gasteiger partial charge on any atom is 0.259 e. The number of amides is 1. The van der Waals surface area contributed by atoms with Crippen LogP contribution in [-0.4, -0.2) is 17.5 Å². The van der Waals surface area contributed by atoms with Crippen LogP contribution < -0.4 is 15.8 Å². The summed E-state index contributed by atoms with van der Waals surface area (Å²) in [7, 11) is 0. The van der Waals surface area contributed by atoms with E-state index >= 15 is 0 Å². The number of aromatic nitrogens is 1. The fourth-order valence-corrected chi connectivity index (χ4v) is 2.40. The number of ether oxygens (including phenoxy) is 1. The largest absolute Gasteiger partial charge is 0.494 e. The van der Waals surface area contributed by atoms with E-state index < -0.39 is 0 Å². The van der Waals surface area contributed by atoms with E-state index in [1.54, 1.807) is 12.1 Å². The second kappa shape index (κ2) is 9.47. The number of pyridine rings is 1. The lowest BCUT2D eigenvalue weighted by Crippen LogP contribution is -2.16. The molecule has 0 atom stereocenters. The predicted octanol–water partition coefficient (Wildman–Crippen LogP) is 4.11. The first-order chi connectivity index (χ1) is 12.5. The standard InChI is InChI=1S/C21H25N3O2/c1-4-5-6-7-8-12-26-18-11-9-10-17(14-18)24-21(25)19-13-15(2)16(3)23-20(19)22/h9-11,13-14H,6-8,12H2,1-3H3,(H2,22,23)(H,24,25). The molecule has 1 aromatic carbocycles. The third kappa shape index (κ3) is 5.52. The minimum Gasteiger partial charge on any atom is -0.494 e. The van der Waals surface area contributed by atoms with Gasteiger partial charge in [0.15, 0.2) is 0 Å². The molecule has 26 heavy (non-hydrogen) atoms. The van der Waals surface area contributed by atoms with Crippen LogP contribution in [0.5, 0.6) is 5.75 Å². The molecule has 1 heterocycles. The summed E-state index contributed by atoms with van der Waals surface area (Å²) in [6, 6.07) is 9.08. The number of nitrogen functional groups attached to an aromatic ring is 1. The maximum atomic E-state index is 12.5. The summed E-state index contributed by atoms with van der Waals surface area (Å²) in [5.74, 6) is 6.58. The Kier molecular flexibility index (Phi) is 7.04. The Morgan fingerprint density at radius 2 is 2.08 bits per heavy atom. The van der Waals surface area contributed by atoms with Gasteiger partial charge in [0.1, 0.15) is 11.6 Å². The van der Waals surface area contributed by atoms with E-state index in [2.05, 4.69) is 22.1 Å². The number of nitrogens with two attached hydrogens (primary N) is 1. The summed E-state index contributed by atoms with van der Waals surface area (Å²) in [5.41, 5.74) is 8.65. The van der Waals surface area contributed by atoms with Gasteiger partial charge >= 0.3 is 0 Å². The molecule has 0 radical (unpaired) electrons. The van der Waals surface area contributed by atoms with Crippen molar-refractivity contribution in [1.29, 1.82) is 0 Å².